The summed E-state index contributed by atoms with van der Waals surface area (Å²) < 4.78 is 0. The molecule has 2 saturated heterocycles. The molecule has 9 heteroatoms. The van der Waals surface area contributed by atoms with Crippen LogP contribution >= 0.6 is 11.8 Å². The van der Waals surface area contributed by atoms with Gasteiger partial charge in [0.25, 0.3) is 0 Å². The number of carbonyl (C=O) groups is 3. The quantitative estimate of drug-likeness (QED) is 0.543. The molecule has 0 aromatic heterocycles. The van der Waals surface area contributed by atoms with Gasteiger partial charge in [0.2, 0.25) is 11.8 Å². The van der Waals surface area contributed by atoms with E-state index < -0.39 is 18.0 Å². The summed E-state index contributed by atoms with van der Waals surface area (Å²) in [5, 5.41) is 19.4. The van der Waals surface area contributed by atoms with E-state index in [9.17, 15) is 24.6 Å². The Kier molecular flexibility index (Phi) is 5.08. The van der Waals surface area contributed by atoms with E-state index in [2.05, 4.69) is 0 Å². The monoisotopic (exact) mass is 369 g/mol. The van der Waals surface area contributed by atoms with Gasteiger partial charge in [-0.3, -0.25) is 9.59 Å². The Morgan fingerprint density at radius 1 is 1.44 bits per heavy atom. The molecule has 0 radical (unpaired) electrons. The van der Waals surface area contributed by atoms with Crippen LogP contribution in [0.2, 0.25) is 0 Å². The highest BCUT2D eigenvalue weighted by Gasteiger charge is 2.57. The summed E-state index contributed by atoms with van der Waals surface area (Å²) >= 11 is 1.45. The van der Waals surface area contributed by atoms with E-state index in [0.29, 0.717) is 37.4 Å². The average Bonchev–Trinajstić information content (AvgIpc) is 3.10. The van der Waals surface area contributed by atoms with E-state index in [1.807, 2.05) is 0 Å². The number of aliphatic hydroxyl groups excluding tert-OH is 1. The summed E-state index contributed by atoms with van der Waals surface area (Å²) in [6, 6.07) is -0.266. The van der Waals surface area contributed by atoms with E-state index in [1.54, 1.807) is 11.8 Å². The number of aliphatic hydroxyl groups is 1. The lowest BCUT2D eigenvalue weighted by Gasteiger charge is -2.44. The fraction of sp³-hybridized carbons (Fsp3) is 0.688. The third-order valence-corrected chi connectivity index (χ3v) is 6.42. The molecule has 3 unspecified atom stereocenters. The van der Waals surface area contributed by atoms with Crippen LogP contribution < -0.4 is 5.73 Å². The van der Waals surface area contributed by atoms with Crippen LogP contribution in [0.3, 0.4) is 0 Å². The summed E-state index contributed by atoms with van der Waals surface area (Å²) in [6.45, 7) is 3.09. The Bertz CT molecular complexity index is 635. The van der Waals surface area contributed by atoms with Gasteiger partial charge in [0, 0.05) is 42.6 Å². The van der Waals surface area contributed by atoms with Gasteiger partial charge in [-0.2, -0.15) is 0 Å². The van der Waals surface area contributed by atoms with Gasteiger partial charge in [0.15, 0.2) is 0 Å². The maximum absolute atomic E-state index is 12.2. The van der Waals surface area contributed by atoms with Gasteiger partial charge < -0.3 is 25.7 Å². The fourth-order valence-electron chi connectivity index (χ4n) is 3.87. The van der Waals surface area contributed by atoms with Crippen molar-refractivity contribution in [2.75, 3.05) is 19.6 Å². The number of likely N-dealkylation sites (tertiary alicyclic amines) is 1. The van der Waals surface area contributed by atoms with Crippen molar-refractivity contribution in [2.24, 2.45) is 11.7 Å². The van der Waals surface area contributed by atoms with Crippen LogP contribution in [0.25, 0.3) is 0 Å². The number of hydrogen-bond donors (Lipinski definition) is 3. The molecule has 138 valence electrons. The van der Waals surface area contributed by atoms with Crippen molar-refractivity contribution in [1.82, 2.24) is 9.80 Å². The largest absolute Gasteiger partial charge is 0.477 e. The van der Waals surface area contributed by atoms with Crippen molar-refractivity contribution in [3.8, 4) is 0 Å². The van der Waals surface area contributed by atoms with Crippen molar-refractivity contribution in [2.45, 2.75) is 43.6 Å². The first-order valence-electron chi connectivity index (χ1n) is 8.47. The molecule has 25 heavy (non-hydrogen) atoms. The number of hydrogen-bond acceptors (Lipinski definition) is 6. The predicted molar refractivity (Wildman–Crippen MR) is 91.3 cm³/mol. The van der Waals surface area contributed by atoms with E-state index in [1.165, 1.54) is 16.7 Å². The first-order chi connectivity index (χ1) is 11.8. The van der Waals surface area contributed by atoms with Crippen molar-refractivity contribution >= 4 is 29.5 Å². The second-order valence-corrected chi connectivity index (χ2v) is 8.13. The standard InChI is InChI=1S/C16H23N3O5S/c1-8(20)13-10-6-11(14(16(23)24)19(10)15(13)22)25-9-3-5-18(7-9)12(21)2-4-17/h8-10,13,20H,2-7,17H2,1H3,(H,23,24)/t8?,9?,10-,13?/m1/s1. The highest BCUT2D eigenvalue weighted by Crippen LogP contribution is 2.48. The summed E-state index contributed by atoms with van der Waals surface area (Å²) in [5.41, 5.74) is 5.46. The number of carbonyl (C=O) groups excluding carboxylic acids is 2. The zero-order valence-corrected chi connectivity index (χ0v) is 14.9. The minimum atomic E-state index is -1.11. The zero-order valence-electron chi connectivity index (χ0n) is 14.1. The number of β-lactam (4-membered cyclic amide) rings is 1. The SMILES string of the molecule is CC(O)C1C(=O)N2C(C(=O)O)=C(SC3CCN(C(=O)CCN)C3)C[C@H]12. The summed E-state index contributed by atoms with van der Waals surface area (Å²) in [7, 11) is 0. The number of nitrogens with zero attached hydrogens (tertiary/aromatic N) is 2. The maximum atomic E-state index is 12.2. The lowest BCUT2D eigenvalue weighted by Crippen LogP contribution is -2.61. The van der Waals surface area contributed by atoms with Gasteiger partial charge in [-0.1, -0.05) is 0 Å². The van der Waals surface area contributed by atoms with Gasteiger partial charge in [0.05, 0.1) is 18.1 Å². The lowest BCUT2D eigenvalue weighted by atomic mass is 9.83. The molecule has 8 nitrogen and oxygen atoms in total. The van der Waals surface area contributed by atoms with E-state index in [0.717, 1.165) is 6.42 Å². The van der Waals surface area contributed by atoms with Gasteiger partial charge in [-0.25, -0.2) is 4.79 Å². The predicted octanol–water partition coefficient (Wildman–Crippen LogP) is -0.423. The van der Waals surface area contributed by atoms with Crippen LogP contribution in [-0.4, -0.2) is 74.8 Å². The topological polar surface area (TPSA) is 124 Å². The van der Waals surface area contributed by atoms with Crippen molar-refractivity contribution in [3.63, 3.8) is 0 Å². The number of aliphatic carboxylic acids is 1. The lowest BCUT2D eigenvalue weighted by molar-refractivity contribution is -0.161. The van der Waals surface area contributed by atoms with Gasteiger partial charge in [-0.15, -0.1) is 11.8 Å². The van der Waals surface area contributed by atoms with Crippen LogP contribution in [-0.2, 0) is 14.4 Å². The number of thioether (sulfide) groups is 1. The molecule has 3 aliphatic rings. The second kappa shape index (κ2) is 6.97. The Morgan fingerprint density at radius 3 is 2.76 bits per heavy atom. The maximum Gasteiger partial charge on any atom is 0.353 e. The molecule has 0 aromatic carbocycles. The molecule has 0 bridgehead atoms. The third kappa shape index (κ3) is 3.16. The first-order valence-corrected chi connectivity index (χ1v) is 9.35. The number of rotatable bonds is 6. The van der Waals surface area contributed by atoms with E-state index in [-0.39, 0.29) is 28.8 Å². The summed E-state index contributed by atoms with van der Waals surface area (Å²) in [4.78, 5) is 39.5. The number of nitrogens with two attached hydrogens (primary N) is 1. The molecule has 0 spiro atoms. The Labute approximate surface area is 150 Å². The van der Waals surface area contributed by atoms with Crippen LogP contribution in [0.1, 0.15) is 26.2 Å². The number of carboxylic acid groups (broad SMARTS) is 1. The molecule has 0 aromatic rings. The molecular weight excluding hydrogens is 346 g/mol. The van der Waals surface area contributed by atoms with Gasteiger partial charge >= 0.3 is 5.97 Å². The van der Waals surface area contributed by atoms with Crippen LogP contribution in [0.5, 0.6) is 0 Å². The molecule has 3 heterocycles. The van der Waals surface area contributed by atoms with E-state index >= 15 is 0 Å². The second-order valence-electron chi connectivity index (χ2n) is 6.73. The summed E-state index contributed by atoms with van der Waals surface area (Å²) in [6.07, 6.45) is 0.779. The van der Waals surface area contributed by atoms with Crippen LogP contribution in [0.4, 0.5) is 0 Å². The Balaban J connectivity index is 1.69. The van der Waals surface area contributed by atoms with Crippen LogP contribution in [0, 0.1) is 5.92 Å². The molecule has 3 rings (SSSR count). The molecule has 2 amide bonds. The van der Waals surface area contributed by atoms with Crippen molar-refractivity contribution in [3.05, 3.63) is 10.6 Å². The molecule has 0 aliphatic carbocycles. The molecular formula is C16H23N3O5S. The van der Waals surface area contributed by atoms with Crippen molar-refractivity contribution < 1.29 is 24.6 Å². The number of carboxylic acids is 1. The normalized spacial score (nSPS) is 29.7. The van der Waals surface area contributed by atoms with Gasteiger partial charge in [0.1, 0.15) is 5.70 Å². The van der Waals surface area contributed by atoms with Crippen LogP contribution in [0.15, 0.2) is 10.6 Å². The molecule has 4 atom stereocenters. The molecule has 3 aliphatic heterocycles. The molecule has 4 N–H and O–H groups in total. The molecule has 0 saturated carbocycles. The summed E-state index contributed by atoms with van der Waals surface area (Å²) in [5.74, 6) is -1.94. The minimum absolute atomic E-state index is 0.0256. The Morgan fingerprint density at radius 2 is 2.16 bits per heavy atom. The first kappa shape index (κ1) is 18.2. The zero-order chi connectivity index (χ0) is 18.3. The number of fused-ring (bicyclic) bond motifs is 1. The van der Waals surface area contributed by atoms with Crippen molar-refractivity contribution in [1.29, 1.82) is 0 Å². The molecule has 2 fully saturated rings. The highest BCUT2D eigenvalue weighted by molar-refractivity contribution is 8.03. The van der Waals surface area contributed by atoms with E-state index in [4.69, 9.17) is 5.73 Å². The van der Waals surface area contributed by atoms with Gasteiger partial charge in [-0.05, 0) is 13.3 Å². The smallest absolute Gasteiger partial charge is 0.353 e. The average molecular weight is 369 g/mol. The highest BCUT2D eigenvalue weighted by atomic mass is 32.2. The fourth-order valence-corrected chi connectivity index (χ4v) is 5.31. The third-order valence-electron chi connectivity index (χ3n) is 5.06. The Hall–Kier alpha value is -1.58. The minimum Gasteiger partial charge on any atom is -0.477 e. The number of amides is 2.